The monoisotopic (exact) mass is 446 g/mol. The molecule has 0 aliphatic rings. The summed E-state index contributed by atoms with van der Waals surface area (Å²) in [6.45, 7) is 0.407. The van der Waals surface area contributed by atoms with Crippen LogP contribution >= 0.6 is 11.6 Å². The summed E-state index contributed by atoms with van der Waals surface area (Å²) in [5, 5.41) is 21.2. The van der Waals surface area contributed by atoms with E-state index in [9.17, 15) is 9.90 Å². The first kappa shape index (κ1) is 21.1. The molecule has 0 bridgehead atoms. The van der Waals surface area contributed by atoms with Gasteiger partial charge in [0.1, 0.15) is 23.8 Å². The van der Waals surface area contributed by atoms with Gasteiger partial charge >= 0.3 is 0 Å². The van der Waals surface area contributed by atoms with Crippen LogP contribution in [0.3, 0.4) is 0 Å². The number of halogens is 1. The lowest BCUT2D eigenvalue weighted by molar-refractivity contribution is 0.0950. The number of hydrazone groups is 1. The Bertz CT molecular complexity index is 1250. The summed E-state index contributed by atoms with van der Waals surface area (Å²) in [5.41, 5.74) is 5.55. The molecule has 4 aromatic rings. The average Bonchev–Trinajstić information content (AvgIpc) is 3.31. The van der Waals surface area contributed by atoms with Gasteiger partial charge in [-0.25, -0.2) is 5.43 Å². The molecule has 1 aromatic heterocycles. The highest BCUT2D eigenvalue weighted by atomic mass is 35.5. The molecule has 160 valence electrons. The molecule has 3 N–H and O–H groups in total. The van der Waals surface area contributed by atoms with Gasteiger partial charge in [0.15, 0.2) is 0 Å². The lowest BCUT2D eigenvalue weighted by Gasteiger charge is -2.07. The number of hydrogen-bond donors (Lipinski definition) is 3. The van der Waals surface area contributed by atoms with Gasteiger partial charge in [0.2, 0.25) is 0 Å². The second-order valence-electron chi connectivity index (χ2n) is 6.87. The molecule has 0 saturated heterocycles. The van der Waals surface area contributed by atoms with Crippen LogP contribution in [0.25, 0.3) is 11.3 Å². The number of rotatable bonds is 7. The molecule has 0 atom stereocenters. The predicted octanol–water partition coefficient (Wildman–Crippen LogP) is 4.78. The molecule has 8 heteroatoms. The van der Waals surface area contributed by atoms with E-state index in [1.54, 1.807) is 24.3 Å². The van der Waals surface area contributed by atoms with Crippen molar-refractivity contribution >= 4 is 23.7 Å². The Morgan fingerprint density at radius 1 is 1.09 bits per heavy atom. The molecule has 1 heterocycles. The zero-order valence-electron chi connectivity index (χ0n) is 16.8. The number of hydrogen-bond acceptors (Lipinski definition) is 5. The Hall–Kier alpha value is -4.10. The van der Waals surface area contributed by atoms with Crippen LogP contribution in [0.1, 0.15) is 21.6 Å². The molecule has 4 rings (SSSR count). The highest BCUT2D eigenvalue weighted by molar-refractivity contribution is 6.30. The number of aromatic amines is 1. The highest BCUT2D eigenvalue weighted by Crippen LogP contribution is 2.24. The Morgan fingerprint density at radius 2 is 1.91 bits per heavy atom. The minimum absolute atomic E-state index is 0.0764. The van der Waals surface area contributed by atoms with Crippen LogP contribution in [0.15, 0.2) is 84.0 Å². The van der Waals surface area contributed by atoms with Crippen molar-refractivity contribution in [3.05, 3.63) is 101 Å². The van der Waals surface area contributed by atoms with Crippen LogP contribution < -0.4 is 10.2 Å². The summed E-state index contributed by atoms with van der Waals surface area (Å²) in [6.07, 6.45) is 1.37. The third-order valence-corrected chi connectivity index (χ3v) is 4.83. The van der Waals surface area contributed by atoms with Crippen LogP contribution in [0.2, 0.25) is 5.02 Å². The Kier molecular flexibility index (Phi) is 6.48. The van der Waals surface area contributed by atoms with Gasteiger partial charge in [-0.1, -0.05) is 48.0 Å². The lowest BCUT2D eigenvalue weighted by Crippen LogP contribution is -2.18. The van der Waals surface area contributed by atoms with Crippen LogP contribution in [-0.4, -0.2) is 27.4 Å². The van der Waals surface area contributed by atoms with Gasteiger partial charge in [0.05, 0.1) is 11.9 Å². The number of nitrogens with one attached hydrogen (secondary N) is 2. The number of ether oxygens (including phenoxy) is 1. The minimum Gasteiger partial charge on any atom is -0.507 e. The van der Waals surface area contributed by atoms with Crippen molar-refractivity contribution in [2.45, 2.75) is 6.61 Å². The summed E-state index contributed by atoms with van der Waals surface area (Å²) in [7, 11) is 0. The van der Waals surface area contributed by atoms with E-state index in [1.165, 1.54) is 12.3 Å². The first-order valence-corrected chi connectivity index (χ1v) is 10.1. The molecule has 0 saturated carbocycles. The van der Waals surface area contributed by atoms with Crippen molar-refractivity contribution in [3.63, 3.8) is 0 Å². The molecule has 0 spiro atoms. The van der Waals surface area contributed by atoms with Gasteiger partial charge in [-0.15, -0.1) is 0 Å². The number of phenols is 1. The molecule has 0 aliphatic carbocycles. The van der Waals surface area contributed by atoms with E-state index in [4.69, 9.17) is 16.3 Å². The maximum atomic E-state index is 12.3. The van der Waals surface area contributed by atoms with Gasteiger partial charge in [-0.05, 0) is 48.0 Å². The van der Waals surface area contributed by atoms with Gasteiger partial charge in [-0.2, -0.15) is 10.2 Å². The summed E-state index contributed by atoms with van der Waals surface area (Å²) in [5.74, 6) is 0.303. The molecule has 0 unspecified atom stereocenters. The lowest BCUT2D eigenvalue weighted by atomic mass is 10.1. The minimum atomic E-state index is -0.453. The second kappa shape index (κ2) is 9.80. The van der Waals surface area contributed by atoms with Crippen molar-refractivity contribution < 1.29 is 14.6 Å². The number of carbonyl (C=O) groups excluding carboxylic acids is 1. The summed E-state index contributed by atoms with van der Waals surface area (Å²) >= 11 is 5.91. The second-order valence-corrected chi connectivity index (χ2v) is 7.30. The fourth-order valence-electron chi connectivity index (χ4n) is 2.90. The van der Waals surface area contributed by atoms with Crippen LogP contribution in [0.4, 0.5) is 0 Å². The molecular formula is C24H19ClN4O3. The highest BCUT2D eigenvalue weighted by Gasteiger charge is 2.11. The number of H-pyrrole nitrogens is 1. The smallest absolute Gasteiger partial charge is 0.289 e. The zero-order valence-corrected chi connectivity index (χ0v) is 17.6. The normalized spacial score (nSPS) is 10.9. The largest absolute Gasteiger partial charge is 0.507 e. The summed E-state index contributed by atoms with van der Waals surface area (Å²) in [4.78, 5) is 12.3. The number of carbonyl (C=O) groups is 1. The third kappa shape index (κ3) is 5.33. The van der Waals surface area contributed by atoms with Crippen molar-refractivity contribution in [2.75, 3.05) is 0 Å². The van der Waals surface area contributed by atoms with Gasteiger partial charge in [0, 0.05) is 16.1 Å². The van der Waals surface area contributed by atoms with Gasteiger partial charge < -0.3 is 9.84 Å². The fourth-order valence-corrected chi connectivity index (χ4v) is 3.02. The molecule has 3 aromatic carbocycles. The zero-order chi connectivity index (χ0) is 22.3. The fraction of sp³-hybridized carbons (Fsp3) is 0.0417. The van der Waals surface area contributed by atoms with E-state index in [1.807, 2.05) is 48.5 Å². The molecule has 1 amide bonds. The first-order valence-electron chi connectivity index (χ1n) is 9.73. The van der Waals surface area contributed by atoms with Crippen molar-refractivity contribution in [2.24, 2.45) is 5.10 Å². The van der Waals surface area contributed by atoms with Crippen LogP contribution in [0, 0.1) is 0 Å². The van der Waals surface area contributed by atoms with Gasteiger partial charge in [0.25, 0.3) is 5.91 Å². The Balaban J connectivity index is 1.39. The van der Waals surface area contributed by atoms with Crippen molar-refractivity contribution in [3.8, 4) is 22.8 Å². The molecule has 7 nitrogen and oxygen atoms in total. The van der Waals surface area contributed by atoms with E-state index in [0.717, 1.165) is 11.1 Å². The number of aromatic nitrogens is 2. The maximum absolute atomic E-state index is 12.3. The van der Waals surface area contributed by atoms with Crippen LogP contribution in [-0.2, 0) is 6.61 Å². The number of amides is 1. The van der Waals surface area contributed by atoms with Crippen molar-refractivity contribution in [1.82, 2.24) is 15.6 Å². The first-order chi connectivity index (χ1) is 15.6. The number of nitrogens with zero attached hydrogens (tertiary/aromatic N) is 2. The quantitative estimate of drug-likeness (QED) is 0.281. The average molecular weight is 447 g/mol. The molecule has 0 radical (unpaired) electrons. The molecule has 0 fully saturated rings. The van der Waals surface area contributed by atoms with Crippen molar-refractivity contribution in [1.29, 1.82) is 0 Å². The topological polar surface area (TPSA) is 99.6 Å². The number of aromatic hydroxyl groups is 1. The SMILES string of the molecule is O=C(N/N=C\c1ccccc1O)c1cc(-c2cccc(OCc3ccc(Cl)cc3)c2)n[nH]1. The van der Waals surface area contributed by atoms with E-state index in [0.29, 0.717) is 28.6 Å². The molecule has 32 heavy (non-hydrogen) atoms. The van der Waals surface area contributed by atoms with E-state index >= 15 is 0 Å². The predicted molar refractivity (Wildman–Crippen MR) is 123 cm³/mol. The number of para-hydroxylation sites is 1. The van der Waals surface area contributed by atoms with E-state index in [-0.39, 0.29) is 11.4 Å². The Labute approximate surface area is 189 Å². The van der Waals surface area contributed by atoms with Gasteiger partial charge in [-0.3, -0.25) is 9.89 Å². The summed E-state index contributed by atoms with van der Waals surface area (Å²) in [6, 6.07) is 23.2. The third-order valence-electron chi connectivity index (χ3n) is 4.58. The van der Waals surface area contributed by atoms with E-state index in [2.05, 4.69) is 20.7 Å². The molecule has 0 aliphatic heterocycles. The van der Waals surface area contributed by atoms with E-state index < -0.39 is 5.91 Å². The maximum Gasteiger partial charge on any atom is 0.289 e. The van der Waals surface area contributed by atoms with Crippen LogP contribution in [0.5, 0.6) is 11.5 Å². The summed E-state index contributed by atoms with van der Waals surface area (Å²) < 4.78 is 5.85. The number of phenolic OH excluding ortho intramolecular Hbond substituents is 1. The standard InChI is InChI=1S/C24H19ClN4O3/c25-19-10-8-16(9-11-19)15-32-20-6-3-5-17(12-20)21-13-22(28-27-21)24(31)29-26-14-18-4-1-2-7-23(18)30/h1-14,30H,15H2,(H,27,28)(H,29,31)/b26-14-. The molecular weight excluding hydrogens is 428 g/mol. The number of benzene rings is 3. The Morgan fingerprint density at radius 3 is 2.72 bits per heavy atom.